The molecule has 0 atom stereocenters. The van der Waals surface area contributed by atoms with E-state index in [1.165, 1.54) is 0 Å². The number of para-hydroxylation sites is 1. The summed E-state index contributed by atoms with van der Waals surface area (Å²) in [6.07, 6.45) is 0. The SMILES string of the molecule is CC(C)(C)c1cc(CN(C(N)=S)c2ccccc2)cc(C(C)(C)C)c1O. The second-order valence-corrected chi connectivity index (χ2v) is 9.22. The Morgan fingerprint density at radius 2 is 1.42 bits per heavy atom. The molecule has 0 heterocycles. The summed E-state index contributed by atoms with van der Waals surface area (Å²) in [6, 6.07) is 14.0. The molecule has 2 aromatic rings. The normalized spacial score (nSPS) is 12.1. The first kappa shape index (κ1) is 20.2. The molecule has 0 aliphatic rings. The molecular weight excluding hydrogens is 340 g/mol. The molecule has 0 fully saturated rings. The zero-order valence-electron chi connectivity index (χ0n) is 16.6. The molecule has 3 N–H and O–H groups in total. The van der Waals surface area contributed by atoms with E-state index in [1.807, 2.05) is 35.2 Å². The number of nitrogens with two attached hydrogens (primary N) is 1. The van der Waals surface area contributed by atoms with Crippen LogP contribution in [0.4, 0.5) is 5.69 Å². The molecule has 0 unspecified atom stereocenters. The maximum absolute atomic E-state index is 10.9. The summed E-state index contributed by atoms with van der Waals surface area (Å²) in [6.45, 7) is 13.2. The van der Waals surface area contributed by atoms with Crippen LogP contribution in [0.2, 0.25) is 0 Å². The fraction of sp³-hybridized carbons (Fsp3) is 0.409. The average molecular weight is 371 g/mol. The van der Waals surface area contributed by atoms with Gasteiger partial charge in [0.1, 0.15) is 5.75 Å². The first-order valence-corrected chi connectivity index (χ1v) is 9.31. The van der Waals surface area contributed by atoms with Crippen LogP contribution in [0.25, 0.3) is 0 Å². The summed E-state index contributed by atoms with van der Waals surface area (Å²) in [5.74, 6) is 0.385. The molecule has 0 radical (unpaired) electrons. The molecule has 0 aliphatic heterocycles. The third kappa shape index (κ3) is 4.55. The van der Waals surface area contributed by atoms with Crippen LogP contribution in [0.3, 0.4) is 0 Å². The van der Waals surface area contributed by atoms with Crippen LogP contribution in [0, 0.1) is 0 Å². The molecule has 0 amide bonds. The van der Waals surface area contributed by atoms with Gasteiger partial charge in [-0.3, -0.25) is 0 Å². The number of hydrogen-bond acceptors (Lipinski definition) is 2. The monoisotopic (exact) mass is 370 g/mol. The highest BCUT2D eigenvalue weighted by Gasteiger charge is 2.27. The number of thiocarbonyl (C=S) groups is 1. The lowest BCUT2D eigenvalue weighted by atomic mass is 9.78. The van der Waals surface area contributed by atoms with E-state index >= 15 is 0 Å². The van der Waals surface area contributed by atoms with Crippen LogP contribution in [-0.4, -0.2) is 10.2 Å². The van der Waals surface area contributed by atoms with Gasteiger partial charge >= 0.3 is 0 Å². The quantitative estimate of drug-likeness (QED) is 0.726. The fourth-order valence-electron chi connectivity index (χ4n) is 3.02. The van der Waals surface area contributed by atoms with Gasteiger partial charge in [-0.2, -0.15) is 0 Å². The van der Waals surface area contributed by atoms with Crippen LogP contribution >= 0.6 is 12.2 Å². The van der Waals surface area contributed by atoms with Crippen molar-refractivity contribution in [3.05, 3.63) is 59.2 Å². The van der Waals surface area contributed by atoms with E-state index in [9.17, 15) is 5.11 Å². The molecule has 0 bridgehead atoms. The largest absolute Gasteiger partial charge is 0.507 e. The highest BCUT2D eigenvalue weighted by molar-refractivity contribution is 7.80. The molecule has 0 aliphatic carbocycles. The van der Waals surface area contributed by atoms with Gasteiger partial charge in [0.15, 0.2) is 5.11 Å². The van der Waals surface area contributed by atoms with Gasteiger partial charge in [0.2, 0.25) is 0 Å². The molecule has 140 valence electrons. The van der Waals surface area contributed by atoms with E-state index < -0.39 is 0 Å². The molecular formula is C22H30N2OS. The van der Waals surface area contributed by atoms with E-state index in [4.69, 9.17) is 18.0 Å². The Kier molecular flexibility index (Phi) is 5.67. The Balaban J connectivity index is 2.56. The molecule has 0 saturated carbocycles. The summed E-state index contributed by atoms with van der Waals surface area (Å²) in [7, 11) is 0. The molecule has 0 saturated heterocycles. The van der Waals surface area contributed by atoms with E-state index in [0.29, 0.717) is 17.4 Å². The van der Waals surface area contributed by atoms with Gasteiger partial charge in [-0.1, -0.05) is 59.7 Å². The molecule has 2 aromatic carbocycles. The third-order valence-electron chi connectivity index (χ3n) is 4.46. The highest BCUT2D eigenvalue weighted by atomic mass is 32.1. The number of aromatic hydroxyl groups is 1. The fourth-order valence-corrected chi connectivity index (χ4v) is 3.19. The number of phenolic OH excluding ortho intramolecular Hbond substituents is 1. The van der Waals surface area contributed by atoms with E-state index in [0.717, 1.165) is 22.4 Å². The Hall–Kier alpha value is -2.07. The smallest absolute Gasteiger partial charge is 0.171 e. The van der Waals surface area contributed by atoms with Gasteiger partial charge in [-0.05, 0) is 64.0 Å². The van der Waals surface area contributed by atoms with Crippen molar-refractivity contribution in [2.45, 2.75) is 58.9 Å². The Labute approximate surface area is 162 Å². The van der Waals surface area contributed by atoms with Crippen molar-refractivity contribution in [1.29, 1.82) is 0 Å². The molecule has 3 nitrogen and oxygen atoms in total. The maximum Gasteiger partial charge on any atom is 0.171 e. The lowest BCUT2D eigenvalue weighted by Crippen LogP contribution is -2.35. The lowest BCUT2D eigenvalue weighted by molar-refractivity contribution is 0.422. The number of anilines is 1. The standard InChI is InChI=1S/C22H30N2OS/c1-21(2,3)17-12-15(13-18(19(17)25)22(4,5)6)14-24(20(23)26)16-10-8-7-9-11-16/h7-13,25H,14H2,1-6H3,(H2,23,26). The maximum atomic E-state index is 10.9. The van der Waals surface area contributed by atoms with E-state index in [2.05, 4.69) is 53.7 Å². The molecule has 0 aromatic heterocycles. The van der Waals surface area contributed by atoms with Crippen molar-refractivity contribution < 1.29 is 5.11 Å². The van der Waals surface area contributed by atoms with Crippen LogP contribution < -0.4 is 10.6 Å². The minimum absolute atomic E-state index is 0.166. The second-order valence-electron chi connectivity index (χ2n) is 8.80. The van der Waals surface area contributed by atoms with Crippen molar-refractivity contribution >= 4 is 23.0 Å². The predicted molar refractivity (Wildman–Crippen MR) is 115 cm³/mol. The summed E-state index contributed by atoms with van der Waals surface area (Å²) in [4.78, 5) is 1.92. The van der Waals surface area contributed by atoms with Gasteiger partial charge < -0.3 is 15.7 Å². The highest BCUT2D eigenvalue weighted by Crippen LogP contribution is 2.40. The molecule has 0 spiro atoms. The van der Waals surface area contributed by atoms with Crippen LogP contribution in [0.5, 0.6) is 5.75 Å². The van der Waals surface area contributed by atoms with E-state index in [-0.39, 0.29) is 10.8 Å². The van der Waals surface area contributed by atoms with Crippen LogP contribution in [-0.2, 0) is 17.4 Å². The average Bonchev–Trinajstić information content (AvgIpc) is 2.52. The Bertz CT molecular complexity index is 751. The Morgan fingerprint density at radius 3 is 1.81 bits per heavy atom. The minimum atomic E-state index is -0.166. The van der Waals surface area contributed by atoms with Crippen molar-refractivity contribution in [2.75, 3.05) is 4.90 Å². The number of rotatable bonds is 3. The number of benzene rings is 2. The number of nitrogens with zero attached hydrogens (tertiary/aromatic N) is 1. The van der Waals surface area contributed by atoms with Crippen LogP contribution in [0.15, 0.2) is 42.5 Å². The lowest BCUT2D eigenvalue weighted by Gasteiger charge is -2.30. The predicted octanol–water partition coefficient (Wildman–Crippen LogP) is 5.24. The van der Waals surface area contributed by atoms with Crippen molar-refractivity contribution in [3.8, 4) is 5.75 Å². The minimum Gasteiger partial charge on any atom is -0.507 e. The van der Waals surface area contributed by atoms with Gasteiger partial charge in [-0.15, -0.1) is 0 Å². The van der Waals surface area contributed by atoms with E-state index in [1.54, 1.807) is 0 Å². The summed E-state index contributed by atoms with van der Waals surface area (Å²) >= 11 is 5.29. The van der Waals surface area contributed by atoms with Gasteiger partial charge in [0, 0.05) is 5.69 Å². The van der Waals surface area contributed by atoms with Crippen LogP contribution in [0.1, 0.15) is 58.2 Å². The summed E-state index contributed by atoms with van der Waals surface area (Å²) < 4.78 is 0. The number of phenols is 1. The number of hydrogen-bond donors (Lipinski definition) is 2. The Morgan fingerprint density at radius 1 is 0.962 bits per heavy atom. The first-order valence-electron chi connectivity index (χ1n) is 8.90. The van der Waals surface area contributed by atoms with Crippen molar-refractivity contribution in [3.63, 3.8) is 0 Å². The molecule has 26 heavy (non-hydrogen) atoms. The van der Waals surface area contributed by atoms with Gasteiger partial charge in [0.05, 0.1) is 6.54 Å². The summed E-state index contributed by atoms with van der Waals surface area (Å²) in [5.41, 5.74) is 9.59. The first-order chi connectivity index (χ1) is 11.9. The molecule has 4 heteroatoms. The van der Waals surface area contributed by atoms with Crippen molar-refractivity contribution in [2.24, 2.45) is 5.73 Å². The third-order valence-corrected chi connectivity index (χ3v) is 4.68. The van der Waals surface area contributed by atoms with Gasteiger partial charge in [0.25, 0.3) is 0 Å². The molecule has 2 rings (SSSR count). The topological polar surface area (TPSA) is 49.5 Å². The zero-order valence-corrected chi connectivity index (χ0v) is 17.4. The van der Waals surface area contributed by atoms with Crippen molar-refractivity contribution in [1.82, 2.24) is 0 Å². The second kappa shape index (κ2) is 7.28. The van der Waals surface area contributed by atoms with Gasteiger partial charge in [-0.25, -0.2) is 0 Å². The zero-order chi connectivity index (χ0) is 19.7. The summed E-state index contributed by atoms with van der Waals surface area (Å²) in [5, 5.41) is 11.2.